The molecule has 2 aliphatic heterocycles. The predicted molar refractivity (Wildman–Crippen MR) is 100 cm³/mol. The molecule has 8 heteroatoms. The largest absolute Gasteiger partial charge is 0.336 e. The van der Waals surface area contributed by atoms with Crippen LogP contribution in [0.1, 0.15) is 31.9 Å². The number of amides is 1. The molecule has 0 aliphatic carbocycles. The molecule has 3 rings (SSSR count). The molecule has 0 radical (unpaired) electrons. The molecule has 5 nitrogen and oxygen atoms in total. The van der Waals surface area contributed by atoms with Crippen LogP contribution < -0.4 is 10.9 Å². The summed E-state index contributed by atoms with van der Waals surface area (Å²) in [4.78, 5) is 26.3. The molecule has 1 N–H and O–H groups in total. The van der Waals surface area contributed by atoms with Gasteiger partial charge in [0.2, 0.25) is 9.70 Å². The van der Waals surface area contributed by atoms with Gasteiger partial charge in [0.05, 0.1) is 0 Å². The molecule has 0 spiro atoms. The minimum absolute atomic E-state index is 0.0340. The highest BCUT2D eigenvalue weighted by atomic mass is 35.6. The lowest BCUT2D eigenvalue weighted by Crippen LogP contribution is -2.60. The van der Waals surface area contributed by atoms with Crippen LogP contribution in [0.2, 0.25) is 0 Å². The van der Waals surface area contributed by atoms with Crippen LogP contribution in [0, 0.1) is 11.8 Å². The zero-order valence-corrected chi connectivity index (χ0v) is 16.5. The third-order valence-corrected chi connectivity index (χ3v) is 5.61. The number of rotatable bonds is 3. The van der Waals surface area contributed by atoms with Crippen LogP contribution in [0.3, 0.4) is 0 Å². The van der Waals surface area contributed by atoms with Crippen molar-refractivity contribution in [1.82, 2.24) is 14.8 Å². The number of nitrogens with zero attached hydrogens (tertiary/aromatic N) is 2. The van der Waals surface area contributed by atoms with Gasteiger partial charge in [-0.05, 0) is 18.4 Å². The van der Waals surface area contributed by atoms with Gasteiger partial charge >= 0.3 is 0 Å². The van der Waals surface area contributed by atoms with Crippen molar-refractivity contribution in [2.45, 2.75) is 42.7 Å². The number of fused-ring (bicyclic) bond motifs is 4. The Labute approximate surface area is 162 Å². The molecular weight excluding hydrogens is 385 g/mol. The number of carbonyl (C=O) groups is 1. The Kier molecular flexibility index (Phi) is 5.41. The van der Waals surface area contributed by atoms with Crippen LogP contribution >= 0.6 is 34.8 Å². The number of aromatic nitrogens is 1. The molecule has 2 bridgehead atoms. The number of pyridine rings is 1. The molecule has 1 saturated heterocycles. The van der Waals surface area contributed by atoms with Crippen LogP contribution in [0.4, 0.5) is 0 Å². The summed E-state index contributed by atoms with van der Waals surface area (Å²) in [7, 11) is 0. The molecule has 1 amide bonds. The van der Waals surface area contributed by atoms with Gasteiger partial charge in [0.15, 0.2) is 0 Å². The van der Waals surface area contributed by atoms with Crippen molar-refractivity contribution in [2.75, 3.05) is 13.1 Å². The normalized spacial score (nSPS) is 24.7. The highest BCUT2D eigenvalue weighted by molar-refractivity contribution is 6.68. The second kappa shape index (κ2) is 7.10. The summed E-state index contributed by atoms with van der Waals surface area (Å²) in [5.41, 5.74) is 1.05. The summed E-state index contributed by atoms with van der Waals surface area (Å²) in [5, 5.41) is 2.87. The Balaban J connectivity index is 1.86. The van der Waals surface area contributed by atoms with Crippen molar-refractivity contribution < 1.29 is 4.79 Å². The van der Waals surface area contributed by atoms with Crippen molar-refractivity contribution >= 4 is 40.7 Å². The molecule has 2 aliphatic rings. The van der Waals surface area contributed by atoms with Crippen molar-refractivity contribution in [3.63, 3.8) is 0 Å². The van der Waals surface area contributed by atoms with E-state index in [-0.39, 0.29) is 29.2 Å². The number of nitrogens with one attached hydrogen (secondary N) is 1. The molecule has 138 valence electrons. The Morgan fingerprint density at radius 2 is 1.96 bits per heavy atom. The summed E-state index contributed by atoms with van der Waals surface area (Å²) in [5.74, 6) is 0.131. The van der Waals surface area contributed by atoms with E-state index in [4.69, 9.17) is 34.8 Å². The van der Waals surface area contributed by atoms with Crippen molar-refractivity contribution in [3.05, 3.63) is 34.2 Å². The van der Waals surface area contributed by atoms with Crippen LogP contribution in [0.5, 0.6) is 0 Å². The second-order valence-electron chi connectivity index (χ2n) is 7.26. The van der Waals surface area contributed by atoms with Crippen molar-refractivity contribution in [3.8, 4) is 0 Å². The number of halogens is 3. The summed E-state index contributed by atoms with van der Waals surface area (Å²) in [6.45, 7) is 5.58. The lowest BCUT2D eigenvalue weighted by atomic mass is 9.83. The molecule has 0 aromatic carbocycles. The third-order valence-electron chi connectivity index (χ3n) is 4.99. The Bertz CT molecular complexity index is 714. The van der Waals surface area contributed by atoms with Gasteiger partial charge in [-0.25, -0.2) is 0 Å². The first-order valence-corrected chi connectivity index (χ1v) is 9.61. The monoisotopic (exact) mass is 405 g/mol. The number of carbonyl (C=O) groups excluding carboxylic acids is 1. The molecular formula is C17H22Cl3N3O2. The highest BCUT2D eigenvalue weighted by Gasteiger charge is 2.44. The number of likely N-dealkylation sites (tertiary alicyclic amines) is 1. The van der Waals surface area contributed by atoms with E-state index in [1.54, 1.807) is 26.0 Å². The minimum atomic E-state index is -1.63. The first-order valence-electron chi connectivity index (χ1n) is 8.47. The molecule has 25 heavy (non-hydrogen) atoms. The van der Waals surface area contributed by atoms with Gasteiger partial charge in [-0.3, -0.25) is 14.5 Å². The second-order valence-corrected chi connectivity index (χ2v) is 9.63. The highest BCUT2D eigenvalue weighted by Crippen LogP contribution is 2.39. The van der Waals surface area contributed by atoms with E-state index in [0.29, 0.717) is 19.6 Å². The summed E-state index contributed by atoms with van der Waals surface area (Å²) in [6, 6.07) is 5.37. The number of hydrogen-bond acceptors (Lipinski definition) is 3. The predicted octanol–water partition coefficient (Wildman–Crippen LogP) is 2.74. The van der Waals surface area contributed by atoms with Gasteiger partial charge in [0.25, 0.3) is 5.56 Å². The number of hydrogen-bond donors (Lipinski definition) is 1. The van der Waals surface area contributed by atoms with E-state index in [0.717, 1.165) is 12.1 Å². The molecule has 3 heterocycles. The Hall–Kier alpha value is -0.750. The number of piperidine rings is 1. The van der Waals surface area contributed by atoms with E-state index in [2.05, 4.69) is 5.32 Å². The average molecular weight is 407 g/mol. The maximum Gasteiger partial charge on any atom is 0.250 e. The van der Waals surface area contributed by atoms with Gasteiger partial charge in [0, 0.05) is 43.2 Å². The fourth-order valence-electron chi connectivity index (χ4n) is 3.83. The SMILES string of the molecule is CC(C)C(=O)N[C@H](N1C[C@@H]2C[C@H](C1)c1cccc(=O)n1C2)C(Cl)(Cl)Cl. The first-order chi connectivity index (χ1) is 11.7. The minimum Gasteiger partial charge on any atom is -0.336 e. The van der Waals surface area contributed by atoms with E-state index in [9.17, 15) is 9.59 Å². The average Bonchev–Trinajstić information content (AvgIpc) is 2.52. The van der Waals surface area contributed by atoms with Crippen LogP contribution in [0.25, 0.3) is 0 Å². The van der Waals surface area contributed by atoms with E-state index in [1.807, 2.05) is 15.5 Å². The van der Waals surface area contributed by atoms with Gasteiger partial charge in [-0.2, -0.15) is 0 Å². The van der Waals surface area contributed by atoms with Gasteiger partial charge in [-0.1, -0.05) is 54.7 Å². The molecule has 0 unspecified atom stereocenters. The maximum absolute atomic E-state index is 12.2. The van der Waals surface area contributed by atoms with Gasteiger partial charge < -0.3 is 9.88 Å². The Morgan fingerprint density at radius 1 is 1.24 bits per heavy atom. The smallest absolute Gasteiger partial charge is 0.250 e. The van der Waals surface area contributed by atoms with Gasteiger partial charge in [0.1, 0.15) is 6.17 Å². The van der Waals surface area contributed by atoms with E-state index >= 15 is 0 Å². The fraction of sp³-hybridized carbons (Fsp3) is 0.647. The standard InChI is InChI=1S/C17H22Cl3N3O2/c1-10(2)15(25)21-16(17(18,19)20)22-7-11-6-12(9-22)13-4-3-5-14(24)23(13)8-11/h3-5,10-12,16H,6-9H2,1-2H3,(H,21,25)/t11-,12+,16+/m0/s1. The van der Waals surface area contributed by atoms with Crippen LogP contribution in [-0.2, 0) is 11.3 Å². The zero-order valence-electron chi connectivity index (χ0n) is 14.2. The summed E-state index contributed by atoms with van der Waals surface area (Å²) in [6.07, 6.45) is 0.310. The molecule has 1 aromatic heterocycles. The maximum atomic E-state index is 12.2. The molecule has 3 atom stereocenters. The van der Waals surface area contributed by atoms with Crippen molar-refractivity contribution in [1.29, 1.82) is 0 Å². The third kappa shape index (κ3) is 4.00. The first kappa shape index (κ1) is 19.0. The lowest BCUT2D eigenvalue weighted by Gasteiger charge is -2.47. The van der Waals surface area contributed by atoms with Gasteiger partial charge in [-0.15, -0.1) is 0 Å². The quantitative estimate of drug-likeness (QED) is 0.785. The lowest BCUT2D eigenvalue weighted by molar-refractivity contribution is -0.126. The Morgan fingerprint density at radius 3 is 2.60 bits per heavy atom. The van der Waals surface area contributed by atoms with Crippen LogP contribution in [0.15, 0.2) is 23.0 Å². The molecule has 1 fully saturated rings. The number of alkyl halides is 3. The molecule has 1 aromatic rings. The topological polar surface area (TPSA) is 54.3 Å². The van der Waals surface area contributed by atoms with E-state index in [1.165, 1.54) is 0 Å². The summed E-state index contributed by atoms with van der Waals surface area (Å²) >= 11 is 18.5. The van der Waals surface area contributed by atoms with Crippen molar-refractivity contribution in [2.24, 2.45) is 11.8 Å². The molecule has 0 saturated carbocycles. The fourth-order valence-corrected chi connectivity index (χ4v) is 4.40. The summed E-state index contributed by atoms with van der Waals surface area (Å²) < 4.78 is 0.222. The van der Waals surface area contributed by atoms with E-state index < -0.39 is 9.96 Å². The van der Waals surface area contributed by atoms with Crippen LogP contribution in [-0.4, -0.2) is 38.4 Å². The zero-order chi connectivity index (χ0) is 18.4.